The van der Waals surface area contributed by atoms with E-state index in [4.69, 9.17) is 9.47 Å². The Morgan fingerprint density at radius 1 is 1.04 bits per heavy atom. The van der Waals surface area contributed by atoms with Gasteiger partial charge >= 0.3 is 5.97 Å². The van der Waals surface area contributed by atoms with Gasteiger partial charge in [0.2, 0.25) is 5.82 Å². The summed E-state index contributed by atoms with van der Waals surface area (Å²) in [6.07, 6.45) is 3.73. The molecule has 0 radical (unpaired) electrons. The normalized spacial score (nSPS) is 10.8. The molecule has 3 nitrogen and oxygen atoms in total. The summed E-state index contributed by atoms with van der Waals surface area (Å²) in [4.78, 5) is 12.1. The monoisotopic (exact) mass is 366 g/mol. The lowest BCUT2D eigenvalue weighted by atomic mass is 10.0. The number of carbonyl (C=O) groups is 1. The Kier molecular flexibility index (Phi) is 7.21. The first-order valence-electron chi connectivity index (χ1n) is 8.44. The first-order valence-corrected chi connectivity index (χ1v) is 8.44. The molecular weight excluding hydrogens is 345 g/mol. The second kappa shape index (κ2) is 9.38. The maximum absolute atomic E-state index is 14.2. The maximum atomic E-state index is 14.2. The first kappa shape index (κ1) is 20.0. The summed E-state index contributed by atoms with van der Waals surface area (Å²) in [6.45, 7) is 1.95. The zero-order chi connectivity index (χ0) is 19.1. The van der Waals surface area contributed by atoms with Crippen LogP contribution in [0, 0.1) is 17.5 Å². The Morgan fingerprint density at radius 2 is 1.81 bits per heavy atom. The highest BCUT2D eigenvalue weighted by atomic mass is 19.2. The Labute approximate surface area is 150 Å². The van der Waals surface area contributed by atoms with Gasteiger partial charge in [-0.1, -0.05) is 25.8 Å². The van der Waals surface area contributed by atoms with Gasteiger partial charge in [0.15, 0.2) is 11.6 Å². The minimum Gasteiger partial charge on any atom is -0.420 e. The summed E-state index contributed by atoms with van der Waals surface area (Å²) in [5, 5.41) is 0. The molecule has 2 rings (SSSR count). The van der Waals surface area contributed by atoms with Crippen molar-refractivity contribution in [2.24, 2.45) is 0 Å². The summed E-state index contributed by atoms with van der Waals surface area (Å²) in [5.74, 6) is -4.91. The molecule has 0 saturated heterocycles. The fourth-order valence-electron chi connectivity index (χ4n) is 2.53. The van der Waals surface area contributed by atoms with Crippen molar-refractivity contribution >= 4 is 5.97 Å². The first-order chi connectivity index (χ1) is 12.5. The standard InChI is InChI=1S/C20H21F3O3/c1-3-4-5-6-13-7-9-15(16(21)11-13)20(24)26-17-10-8-14(12-25-2)18(22)19(17)23/h7-11H,3-6,12H2,1-2H3. The van der Waals surface area contributed by atoms with Crippen LogP contribution in [0.25, 0.3) is 0 Å². The minimum atomic E-state index is -1.32. The molecule has 0 N–H and O–H groups in total. The number of unbranched alkanes of at least 4 members (excludes halogenated alkanes) is 2. The lowest BCUT2D eigenvalue weighted by Crippen LogP contribution is -2.13. The van der Waals surface area contributed by atoms with Gasteiger partial charge in [-0.25, -0.2) is 13.6 Å². The fourth-order valence-corrected chi connectivity index (χ4v) is 2.53. The topological polar surface area (TPSA) is 35.5 Å². The van der Waals surface area contributed by atoms with Crippen molar-refractivity contribution < 1.29 is 27.4 Å². The molecule has 0 bridgehead atoms. The van der Waals surface area contributed by atoms with E-state index in [1.807, 2.05) is 0 Å². The second-order valence-electron chi connectivity index (χ2n) is 5.94. The Morgan fingerprint density at radius 3 is 2.46 bits per heavy atom. The molecule has 140 valence electrons. The van der Waals surface area contributed by atoms with Crippen LogP contribution < -0.4 is 4.74 Å². The predicted molar refractivity (Wildman–Crippen MR) is 91.7 cm³/mol. The predicted octanol–water partition coefficient (Wildman–Crippen LogP) is 5.20. The van der Waals surface area contributed by atoms with E-state index < -0.39 is 29.2 Å². The average Bonchev–Trinajstić information content (AvgIpc) is 2.62. The Bertz CT molecular complexity index is 775. The quantitative estimate of drug-likeness (QED) is 0.366. The van der Waals surface area contributed by atoms with Gasteiger partial charge in [0.05, 0.1) is 12.2 Å². The number of esters is 1. The number of aryl methyl sites for hydroxylation is 1. The average molecular weight is 366 g/mol. The van der Waals surface area contributed by atoms with E-state index in [-0.39, 0.29) is 17.7 Å². The third kappa shape index (κ3) is 4.85. The fraction of sp³-hybridized carbons (Fsp3) is 0.350. The van der Waals surface area contributed by atoms with Crippen LogP contribution in [0.2, 0.25) is 0 Å². The molecule has 0 spiro atoms. The molecule has 0 aromatic heterocycles. The molecule has 0 fully saturated rings. The number of rotatable bonds is 8. The zero-order valence-corrected chi connectivity index (χ0v) is 14.8. The molecule has 0 heterocycles. The van der Waals surface area contributed by atoms with Crippen molar-refractivity contribution in [1.82, 2.24) is 0 Å². The zero-order valence-electron chi connectivity index (χ0n) is 14.8. The van der Waals surface area contributed by atoms with E-state index >= 15 is 0 Å². The largest absolute Gasteiger partial charge is 0.420 e. The van der Waals surface area contributed by atoms with Crippen LogP contribution >= 0.6 is 0 Å². The van der Waals surface area contributed by atoms with Gasteiger partial charge in [0.25, 0.3) is 0 Å². The molecule has 0 aliphatic rings. The van der Waals surface area contributed by atoms with Crippen LogP contribution in [0.15, 0.2) is 30.3 Å². The Hall–Kier alpha value is -2.34. The Balaban J connectivity index is 2.14. The molecule has 0 aliphatic heterocycles. The summed E-state index contributed by atoms with van der Waals surface area (Å²) in [5.41, 5.74) is 0.436. The molecule has 0 saturated carbocycles. The third-order valence-corrected chi connectivity index (χ3v) is 3.95. The van der Waals surface area contributed by atoms with Crippen molar-refractivity contribution in [2.45, 2.75) is 39.2 Å². The highest BCUT2D eigenvalue weighted by molar-refractivity contribution is 5.91. The number of benzene rings is 2. The number of hydrogen-bond donors (Lipinski definition) is 0. The van der Waals surface area contributed by atoms with E-state index in [1.165, 1.54) is 25.3 Å². The van der Waals surface area contributed by atoms with Crippen molar-refractivity contribution in [2.75, 3.05) is 7.11 Å². The molecular formula is C20H21F3O3. The van der Waals surface area contributed by atoms with Gasteiger partial charge < -0.3 is 9.47 Å². The molecule has 0 atom stereocenters. The molecule has 2 aromatic carbocycles. The molecule has 6 heteroatoms. The van der Waals surface area contributed by atoms with E-state index in [2.05, 4.69) is 6.92 Å². The van der Waals surface area contributed by atoms with E-state index in [0.717, 1.165) is 30.9 Å². The molecule has 2 aromatic rings. The van der Waals surface area contributed by atoms with Crippen molar-refractivity contribution in [1.29, 1.82) is 0 Å². The third-order valence-electron chi connectivity index (χ3n) is 3.95. The highest BCUT2D eigenvalue weighted by Crippen LogP contribution is 2.25. The maximum Gasteiger partial charge on any atom is 0.346 e. The molecule has 26 heavy (non-hydrogen) atoms. The number of hydrogen-bond acceptors (Lipinski definition) is 3. The second-order valence-corrected chi connectivity index (χ2v) is 5.94. The SMILES string of the molecule is CCCCCc1ccc(C(=O)Oc2ccc(COC)c(F)c2F)c(F)c1. The number of carbonyl (C=O) groups excluding carboxylic acids is 1. The van der Waals surface area contributed by atoms with Crippen LogP contribution in [0.5, 0.6) is 5.75 Å². The molecule has 0 unspecified atom stereocenters. The number of halogens is 3. The van der Waals surface area contributed by atoms with Crippen molar-refractivity contribution in [3.63, 3.8) is 0 Å². The van der Waals surface area contributed by atoms with Crippen molar-refractivity contribution in [3.8, 4) is 5.75 Å². The van der Waals surface area contributed by atoms with Gasteiger partial charge in [-0.2, -0.15) is 4.39 Å². The van der Waals surface area contributed by atoms with Gasteiger partial charge in [-0.15, -0.1) is 0 Å². The van der Waals surface area contributed by atoms with Crippen LogP contribution in [-0.2, 0) is 17.8 Å². The van der Waals surface area contributed by atoms with Crippen molar-refractivity contribution in [3.05, 3.63) is 64.5 Å². The minimum absolute atomic E-state index is 0.00703. The van der Waals surface area contributed by atoms with Gasteiger partial charge in [0.1, 0.15) is 5.82 Å². The molecule has 0 amide bonds. The van der Waals surface area contributed by atoms with Crippen LogP contribution in [-0.4, -0.2) is 13.1 Å². The van der Waals surface area contributed by atoms with E-state index in [0.29, 0.717) is 6.42 Å². The summed E-state index contributed by atoms with van der Waals surface area (Å²) < 4.78 is 51.6. The van der Waals surface area contributed by atoms with Gasteiger partial charge in [0, 0.05) is 12.7 Å². The highest BCUT2D eigenvalue weighted by Gasteiger charge is 2.20. The number of ether oxygens (including phenoxy) is 2. The lowest BCUT2D eigenvalue weighted by Gasteiger charge is -2.10. The lowest BCUT2D eigenvalue weighted by molar-refractivity contribution is 0.0721. The van der Waals surface area contributed by atoms with Crippen LogP contribution in [0.1, 0.15) is 47.7 Å². The summed E-state index contributed by atoms with van der Waals surface area (Å²) in [6, 6.07) is 6.56. The van der Waals surface area contributed by atoms with Gasteiger partial charge in [-0.05, 0) is 42.7 Å². The molecule has 0 aliphatic carbocycles. The number of methoxy groups -OCH3 is 1. The van der Waals surface area contributed by atoms with Crippen LogP contribution in [0.4, 0.5) is 13.2 Å². The van der Waals surface area contributed by atoms with E-state index in [9.17, 15) is 18.0 Å². The summed E-state index contributed by atoms with van der Waals surface area (Å²) >= 11 is 0. The summed E-state index contributed by atoms with van der Waals surface area (Å²) in [7, 11) is 1.35. The smallest absolute Gasteiger partial charge is 0.346 e. The van der Waals surface area contributed by atoms with Gasteiger partial charge in [-0.3, -0.25) is 0 Å². The van der Waals surface area contributed by atoms with E-state index in [1.54, 1.807) is 6.07 Å². The van der Waals surface area contributed by atoms with Crippen LogP contribution in [0.3, 0.4) is 0 Å².